The number of amides is 1. The van der Waals surface area contributed by atoms with Crippen molar-refractivity contribution in [2.75, 3.05) is 20.8 Å². The maximum atomic E-state index is 11.8. The third-order valence-corrected chi connectivity index (χ3v) is 6.13. The first-order valence-corrected chi connectivity index (χ1v) is 11.5. The predicted molar refractivity (Wildman–Crippen MR) is 135 cm³/mol. The molecule has 0 radical (unpaired) electrons. The van der Waals surface area contributed by atoms with Gasteiger partial charge >= 0.3 is 0 Å². The van der Waals surface area contributed by atoms with Crippen LogP contribution < -0.4 is 4.74 Å². The average molecular weight is 475 g/mol. The number of fused-ring (bicyclic) bond motifs is 1. The highest BCUT2D eigenvalue weighted by atomic mass is 16.7. The molecule has 0 bridgehead atoms. The fourth-order valence-electron chi connectivity index (χ4n) is 4.21. The topological polar surface area (TPSA) is 84.2 Å². The van der Waals surface area contributed by atoms with Crippen LogP contribution in [-0.2, 0) is 16.2 Å². The van der Waals surface area contributed by atoms with Gasteiger partial charge in [-0.2, -0.15) is 0 Å². The number of ether oxygens (including phenoxy) is 1. The molecule has 3 aromatic carbocycles. The number of phenols is 2. The van der Waals surface area contributed by atoms with Crippen LogP contribution in [-0.4, -0.2) is 46.5 Å². The number of aromatic hydroxyl groups is 2. The van der Waals surface area contributed by atoms with Crippen LogP contribution in [0.1, 0.15) is 24.0 Å². The summed E-state index contributed by atoms with van der Waals surface area (Å²) in [6, 6.07) is 20.5. The number of hydrogen-bond acceptors (Lipinski definition) is 5. The van der Waals surface area contributed by atoms with Gasteiger partial charge in [0.1, 0.15) is 17.2 Å². The molecule has 4 rings (SSSR count). The molecule has 0 atom stereocenters. The summed E-state index contributed by atoms with van der Waals surface area (Å²) in [4.78, 5) is 16.7. The summed E-state index contributed by atoms with van der Waals surface area (Å²) >= 11 is 0. The van der Waals surface area contributed by atoms with Crippen LogP contribution in [0, 0.1) is 6.92 Å². The fourth-order valence-corrected chi connectivity index (χ4v) is 4.21. The molecule has 1 aromatic heterocycles. The Hall–Kier alpha value is -3.97. The summed E-state index contributed by atoms with van der Waals surface area (Å²) in [7, 11) is 3.05. The van der Waals surface area contributed by atoms with Crippen LogP contribution in [0.4, 0.5) is 0 Å². The highest BCUT2D eigenvalue weighted by Gasteiger charge is 2.17. The summed E-state index contributed by atoms with van der Waals surface area (Å²) in [5.41, 5.74) is 5.21. The molecule has 7 heteroatoms. The van der Waals surface area contributed by atoms with Gasteiger partial charge in [-0.25, -0.2) is 5.06 Å². The Morgan fingerprint density at radius 1 is 0.971 bits per heavy atom. The Labute approximate surface area is 204 Å². The monoisotopic (exact) mass is 474 g/mol. The Morgan fingerprint density at radius 3 is 2.34 bits per heavy atom. The van der Waals surface area contributed by atoms with Crippen molar-refractivity contribution >= 4 is 16.8 Å². The second-order valence-corrected chi connectivity index (χ2v) is 8.48. The zero-order valence-electron chi connectivity index (χ0n) is 20.2. The van der Waals surface area contributed by atoms with Crippen LogP contribution in [0.3, 0.4) is 0 Å². The number of rotatable bonds is 9. The minimum absolute atomic E-state index is 0.0848. The molecule has 0 unspecified atom stereocenters. The molecule has 182 valence electrons. The van der Waals surface area contributed by atoms with Gasteiger partial charge in [-0.15, -0.1) is 0 Å². The summed E-state index contributed by atoms with van der Waals surface area (Å²) in [5, 5.41) is 22.0. The number of carbonyl (C=O) groups is 1. The van der Waals surface area contributed by atoms with Crippen molar-refractivity contribution in [2.45, 2.75) is 26.3 Å². The normalized spacial score (nSPS) is 11.1. The SMILES string of the molecule is CON(C)C(=O)CCCOc1ccc(Cn2c(-c3ccc(O)cc3)c(C)c3cc(O)ccc32)cc1. The number of phenolic OH excluding ortho intramolecular Hbond substituents is 2. The molecule has 0 fully saturated rings. The van der Waals surface area contributed by atoms with E-state index in [0.29, 0.717) is 26.0 Å². The van der Waals surface area contributed by atoms with Gasteiger partial charge in [0.15, 0.2) is 0 Å². The highest BCUT2D eigenvalue weighted by molar-refractivity contribution is 5.92. The molecule has 0 spiro atoms. The first-order chi connectivity index (χ1) is 16.9. The van der Waals surface area contributed by atoms with Crippen LogP contribution in [0.25, 0.3) is 22.2 Å². The summed E-state index contributed by atoms with van der Waals surface area (Å²) in [6.07, 6.45) is 0.962. The quantitative estimate of drug-likeness (QED) is 0.256. The minimum Gasteiger partial charge on any atom is -0.508 e. The van der Waals surface area contributed by atoms with E-state index in [1.54, 1.807) is 31.3 Å². The molecule has 0 saturated carbocycles. The van der Waals surface area contributed by atoms with Gasteiger partial charge in [-0.05, 0) is 84.6 Å². The van der Waals surface area contributed by atoms with Gasteiger partial charge in [-0.3, -0.25) is 9.63 Å². The van der Waals surface area contributed by atoms with Crippen molar-refractivity contribution in [1.29, 1.82) is 0 Å². The number of hydroxylamine groups is 2. The van der Waals surface area contributed by atoms with Crippen LogP contribution in [0.5, 0.6) is 17.2 Å². The largest absolute Gasteiger partial charge is 0.508 e. The van der Waals surface area contributed by atoms with Crippen molar-refractivity contribution in [3.63, 3.8) is 0 Å². The molecule has 1 amide bonds. The van der Waals surface area contributed by atoms with Gasteiger partial charge in [0.2, 0.25) is 5.91 Å². The maximum absolute atomic E-state index is 11.8. The standard InChI is InChI=1S/C28H30N2O5/c1-19-25-17-23(32)12-15-26(25)30(28(19)21-8-10-22(31)11-9-21)18-20-6-13-24(14-7-20)35-16-4-5-27(33)29(2)34-3/h6-15,17,31-32H,4-5,16,18H2,1-3H3. The van der Waals surface area contributed by atoms with Crippen LogP contribution in [0.2, 0.25) is 0 Å². The lowest BCUT2D eigenvalue weighted by Crippen LogP contribution is -2.25. The molecule has 0 aliphatic heterocycles. The van der Waals surface area contributed by atoms with E-state index in [2.05, 4.69) is 4.57 Å². The molecular formula is C28H30N2O5. The molecule has 0 saturated heterocycles. The van der Waals surface area contributed by atoms with Gasteiger partial charge in [0.05, 0.1) is 19.4 Å². The van der Waals surface area contributed by atoms with Crippen LogP contribution >= 0.6 is 0 Å². The van der Waals surface area contributed by atoms with Gasteiger partial charge in [0.25, 0.3) is 0 Å². The van der Waals surface area contributed by atoms with Gasteiger partial charge in [0, 0.05) is 30.9 Å². The van der Waals surface area contributed by atoms with Crippen molar-refractivity contribution in [3.8, 4) is 28.5 Å². The van der Waals surface area contributed by atoms with Crippen molar-refractivity contribution in [2.24, 2.45) is 0 Å². The zero-order valence-corrected chi connectivity index (χ0v) is 20.2. The maximum Gasteiger partial charge on any atom is 0.245 e. The third-order valence-electron chi connectivity index (χ3n) is 6.13. The number of nitrogens with zero attached hydrogens (tertiary/aromatic N) is 2. The van der Waals surface area contributed by atoms with Crippen molar-refractivity contribution in [1.82, 2.24) is 9.63 Å². The van der Waals surface area contributed by atoms with E-state index in [0.717, 1.165) is 39.0 Å². The van der Waals surface area contributed by atoms with Gasteiger partial charge < -0.3 is 19.5 Å². The second-order valence-electron chi connectivity index (χ2n) is 8.48. The minimum atomic E-state index is -0.0848. The summed E-state index contributed by atoms with van der Waals surface area (Å²) in [6.45, 7) is 3.12. The van der Waals surface area contributed by atoms with E-state index in [-0.39, 0.29) is 17.4 Å². The smallest absolute Gasteiger partial charge is 0.245 e. The number of benzene rings is 3. The molecular weight excluding hydrogens is 444 g/mol. The van der Waals surface area contributed by atoms with Crippen molar-refractivity contribution in [3.05, 3.63) is 77.9 Å². The van der Waals surface area contributed by atoms with E-state index in [4.69, 9.17) is 9.57 Å². The van der Waals surface area contributed by atoms with E-state index in [1.807, 2.05) is 49.4 Å². The Bertz CT molecular complexity index is 1310. The van der Waals surface area contributed by atoms with Crippen molar-refractivity contribution < 1.29 is 24.6 Å². The van der Waals surface area contributed by atoms with E-state index in [1.165, 1.54) is 12.2 Å². The molecule has 4 aromatic rings. The molecule has 2 N–H and O–H groups in total. The highest BCUT2D eigenvalue weighted by Crippen LogP contribution is 2.36. The first-order valence-electron chi connectivity index (χ1n) is 11.5. The van der Waals surface area contributed by atoms with E-state index in [9.17, 15) is 15.0 Å². The lowest BCUT2D eigenvalue weighted by Gasteiger charge is -2.14. The third kappa shape index (κ3) is 5.41. The lowest BCUT2D eigenvalue weighted by molar-refractivity contribution is -0.168. The fraction of sp³-hybridized carbons (Fsp3) is 0.250. The zero-order chi connectivity index (χ0) is 24.9. The Balaban J connectivity index is 1.53. The first kappa shape index (κ1) is 24.2. The summed E-state index contributed by atoms with van der Waals surface area (Å²) in [5.74, 6) is 1.11. The number of hydrogen-bond donors (Lipinski definition) is 2. The average Bonchev–Trinajstić information content (AvgIpc) is 3.13. The molecule has 35 heavy (non-hydrogen) atoms. The Morgan fingerprint density at radius 2 is 1.66 bits per heavy atom. The molecule has 1 heterocycles. The second kappa shape index (κ2) is 10.5. The number of aryl methyl sites for hydroxylation is 1. The number of carbonyl (C=O) groups excluding carboxylic acids is 1. The lowest BCUT2D eigenvalue weighted by atomic mass is 10.1. The summed E-state index contributed by atoms with van der Waals surface area (Å²) < 4.78 is 8.02. The molecule has 0 aliphatic carbocycles. The van der Waals surface area contributed by atoms with E-state index < -0.39 is 0 Å². The molecule has 0 aliphatic rings. The van der Waals surface area contributed by atoms with Crippen LogP contribution in [0.15, 0.2) is 66.7 Å². The number of aromatic nitrogens is 1. The molecule has 7 nitrogen and oxygen atoms in total. The van der Waals surface area contributed by atoms with E-state index >= 15 is 0 Å². The predicted octanol–water partition coefficient (Wildman–Crippen LogP) is 5.26. The Kier molecular flexibility index (Phi) is 7.27. The van der Waals surface area contributed by atoms with Gasteiger partial charge in [-0.1, -0.05) is 12.1 Å².